The molecule has 0 aliphatic rings. The average molecular weight is 306 g/mol. The van der Waals surface area contributed by atoms with Crippen molar-refractivity contribution in [2.45, 2.75) is 11.8 Å². The van der Waals surface area contributed by atoms with E-state index in [4.69, 9.17) is 23.2 Å². The van der Waals surface area contributed by atoms with Crippen molar-refractivity contribution in [1.29, 1.82) is 0 Å². The van der Waals surface area contributed by atoms with Crippen LogP contribution in [-0.2, 0) is 6.42 Å². The van der Waals surface area contributed by atoms with E-state index in [2.05, 4.69) is 4.98 Å². The highest BCUT2D eigenvalue weighted by molar-refractivity contribution is 6.31. The van der Waals surface area contributed by atoms with E-state index in [-0.39, 0.29) is 12.0 Å². The second kappa shape index (κ2) is 5.80. The molecule has 0 saturated heterocycles. The van der Waals surface area contributed by atoms with Crippen LogP contribution in [0, 0.1) is 17.5 Å². The van der Waals surface area contributed by atoms with E-state index in [0.717, 1.165) is 12.1 Å². The van der Waals surface area contributed by atoms with Crippen LogP contribution in [0.1, 0.15) is 16.5 Å². The van der Waals surface area contributed by atoms with Gasteiger partial charge >= 0.3 is 0 Å². The molecule has 0 amide bonds. The fourth-order valence-corrected chi connectivity index (χ4v) is 2.19. The van der Waals surface area contributed by atoms with Crippen molar-refractivity contribution in [1.82, 2.24) is 4.98 Å². The zero-order chi connectivity index (χ0) is 14.0. The molecule has 0 aliphatic heterocycles. The fourth-order valence-electron chi connectivity index (χ4n) is 1.66. The van der Waals surface area contributed by atoms with Crippen LogP contribution in [0.25, 0.3) is 0 Å². The summed E-state index contributed by atoms with van der Waals surface area (Å²) in [5, 5.41) is -0.467. The highest BCUT2D eigenvalue weighted by Crippen LogP contribution is 2.30. The van der Waals surface area contributed by atoms with Crippen molar-refractivity contribution < 1.29 is 13.2 Å². The SMILES string of the molecule is Fc1ccc(C(Cl)Cc2ccncc2Cl)c(F)c1F. The second-order valence-electron chi connectivity index (χ2n) is 3.90. The van der Waals surface area contributed by atoms with Crippen LogP contribution in [0.3, 0.4) is 0 Å². The van der Waals surface area contributed by atoms with Gasteiger partial charge in [0.1, 0.15) is 0 Å². The van der Waals surface area contributed by atoms with Gasteiger partial charge in [0, 0.05) is 18.0 Å². The topological polar surface area (TPSA) is 12.9 Å². The lowest BCUT2D eigenvalue weighted by molar-refractivity contribution is 0.440. The van der Waals surface area contributed by atoms with Gasteiger partial charge in [-0.2, -0.15) is 0 Å². The summed E-state index contributed by atoms with van der Waals surface area (Å²) in [6.07, 6.45) is 3.14. The number of alkyl halides is 1. The number of hydrogen-bond acceptors (Lipinski definition) is 1. The molecule has 6 heteroatoms. The number of halogens is 5. The van der Waals surface area contributed by atoms with Gasteiger partial charge in [0.05, 0.1) is 10.4 Å². The van der Waals surface area contributed by atoms with E-state index < -0.39 is 22.8 Å². The first-order valence-electron chi connectivity index (χ1n) is 5.36. The van der Waals surface area contributed by atoms with Gasteiger partial charge in [0.15, 0.2) is 17.5 Å². The van der Waals surface area contributed by atoms with E-state index in [1.165, 1.54) is 12.4 Å². The Morgan fingerprint density at radius 3 is 2.53 bits per heavy atom. The van der Waals surface area contributed by atoms with Gasteiger partial charge < -0.3 is 0 Å². The van der Waals surface area contributed by atoms with Crippen molar-refractivity contribution in [2.24, 2.45) is 0 Å². The lowest BCUT2D eigenvalue weighted by atomic mass is 10.0. The monoisotopic (exact) mass is 305 g/mol. The summed E-state index contributed by atoms with van der Waals surface area (Å²) in [5.74, 6) is -4.04. The summed E-state index contributed by atoms with van der Waals surface area (Å²) in [6, 6.07) is 3.60. The summed E-state index contributed by atoms with van der Waals surface area (Å²) in [4.78, 5) is 3.81. The molecule has 1 heterocycles. The summed E-state index contributed by atoms with van der Waals surface area (Å²) < 4.78 is 39.5. The van der Waals surface area contributed by atoms with Gasteiger partial charge in [-0.25, -0.2) is 13.2 Å². The molecule has 1 aromatic heterocycles. The van der Waals surface area contributed by atoms with Gasteiger partial charge in [-0.3, -0.25) is 4.98 Å². The van der Waals surface area contributed by atoms with Gasteiger partial charge in [-0.1, -0.05) is 17.7 Å². The third-order valence-electron chi connectivity index (χ3n) is 2.66. The largest absolute Gasteiger partial charge is 0.263 e. The number of pyridine rings is 1. The minimum absolute atomic E-state index is 0.103. The molecule has 0 radical (unpaired) electrons. The number of aromatic nitrogens is 1. The molecule has 2 rings (SSSR count). The smallest absolute Gasteiger partial charge is 0.194 e. The molecule has 0 spiro atoms. The van der Waals surface area contributed by atoms with Crippen molar-refractivity contribution in [3.8, 4) is 0 Å². The van der Waals surface area contributed by atoms with E-state index >= 15 is 0 Å². The maximum Gasteiger partial charge on any atom is 0.194 e. The highest BCUT2D eigenvalue weighted by atomic mass is 35.5. The third-order valence-corrected chi connectivity index (χ3v) is 3.39. The normalized spacial score (nSPS) is 12.5. The van der Waals surface area contributed by atoms with Gasteiger partial charge in [0.25, 0.3) is 0 Å². The van der Waals surface area contributed by atoms with Crippen molar-refractivity contribution in [2.75, 3.05) is 0 Å². The lowest BCUT2D eigenvalue weighted by Gasteiger charge is -2.12. The molecular weight excluding hydrogens is 298 g/mol. The Hall–Kier alpha value is -1.26. The molecule has 0 bridgehead atoms. The Bertz CT molecular complexity index is 604. The quantitative estimate of drug-likeness (QED) is 0.593. The molecule has 0 N–H and O–H groups in total. The predicted molar refractivity (Wildman–Crippen MR) is 67.9 cm³/mol. The second-order valence-corrected chi connectivity index (χ2v) is 4.84. The average Bonchev–Trinajstić information content (AvgIpc) is 2.39. The molecule has 1 atom stereocenters. The van der Waals surface area contributed by atoms with Crippen molar-refractivity contribution >= 4 is 23.2 Å². The van der Waals surface area contributed by atoms with E-state index in [1.807, 2.05) is 0 Å². The Kier molecular flexibility index (Phi) is 4.32. The summed E-state index contributed by atoms with van der Waals surface area (Å²) in [5.41, 5.74) is 0.550. The number of hydrogen-bond donors (Lipinski definition) is 0. The molecule has 1 aromatic carbocycles. The highest BCUT2D eigenvalue weighted by Gasteiger charge is 2.20. The molecule has 1 unspecified atom stereocenters. The molecule has 0 saturated carbocycles. The van der Waals surface area contributed by atoms with Crippen molar-refractivity contribution in [3.63, 3.8) is 0 Å². The molecule has 0 aliphatic carbocycles. The van der Waals surface area contributed by atoms with Crippen LogP contribution in [0.5, 0.6) is 0 Å². The van der Waals surface area contributed by atoms with Gasteiger partial charge in [-0.15, -0.1) is 11.6 Å². The van der Waals surface area contributed by atoms with Crippen LogP contribution >= 0.6 is 23.2 Å². The van der Waals surface area contributed by atoms with E-state index in [1.54, 1.807) is 6.07 Å². The summed E-state index contributed by atoms with van der Waals surface area (Å²) in [7, 11) is 0. The van der Waals surface area contributed by atoms with Gasteiger partial charge in [-0.05, 0) is 24.1 Å². The summed E-state index contributed by atoms with van der Waals surface area (Å²) >= 11 is 11.9. The minimum Gasteiger partial charge on any atom is -0.263 e. The number of nitrogens with zero attached hydrogens (tertiary/aromatic N) is 1. The number of benzene rings is 1. The molecule has 19 heavy (non-hydrogen) atoms. The lowest BCUT2D eigenvalue weighted by Crippen LogP contribution is -2.03. The molecule has 1 nitrogen and oxygen atoms in total. The first-order valence-corrected chi connectivity index (χ1v) is 6.18. The Balaban J connectivity index is 2.28. The predicted octanol–water partition coefficient (Wildman–Crippen LogP) is 4.67. The molecular formula is C13H8Cl2F3N. The van der Waals surface area contributed by atoms with Crippen molar-refractivity contribution in [3.05, 3.63) is 64.2 Å². The third kappa shape index (κ3) is 3.01. The van der Waals surface area contributed by atoms with Crippen LogP contribution in [-0.4, -0.2) is 4.98 Å². The molecule has 2 aromatic rings. The van der Waals surface area contributed by atoms with Crippen LogP contribution in [0.4, 0.5) is 13.2 Å². The number of rotatable bonds is 3. The minimum atomic E-state index is -1.52. The van der Waals surface area contributed by atoms with E-state index in [9.17, 15) is 13.2 Å². The van der Waals surface area contributed by atoms with Gasteiger partial charge in [0.2, 0.25) is 0 Å². The van der Waals surface area contributed by atoms with Crippen LogP contribution < -0.4 is 0 Å². The maximum atomic E-state index is 13.6. The standard InChI is InChI=1S/C13H8Cl2F3N/c14-9(5-7-3-4-19-6-10(7)15)8-1-2-11(16)13(18)12(8)17/h1-4,6,9H,5H2. The molecule has 0 fully saturated rings. The van der Waals surface area contributed by atoms with Crippen LogP contribution in [0.2, 0.25) is 5.02 Å². The van der Waals surface area contributed by atoms with Crippen LogP contribution in [0.15, 0.2) is 30.6 Å². The summed E-state index contributed by atoms with van der Waals surface area (Å²) in [6.45, 7) is 0. The molecule has 100 valence electrons. The zero-order valence-corrected chi connectivity index (χ0v) is 11.0. The van der Waals surface area contributed by atoms with E-state index in [0.29, 0.717) is 10.6 Å². The fraction of sp³-hybridized carbons (Fsp3) is 0.154. The first kappa shape index (κ1) is 14.2. The Labute approximate surface area is 118 Å². The first-order chi connectivity index (χ1) is 9.00. The zero-order valence-electron chi connectivity index (χ0n) is 9.51. The Morgan fingerprint density at radius 1 is 1.11 bits per heavy atom. The maximum absolute atomic E-state index is 13.6. The Morgan fingerprint density at radius 2 is 1.84 bits per heavy atom.